The minimum absolute atomic E-state index is 0.183. The van der Waals surface area contributed by atoms with Crippen LogP contribution in [0.3, 0.4) is 0 Å². The second-order valence-electron chi connectivity index (χ2n) is 5.03. The minimum Gasteiger partial charge on any atom is -0.393 e. The number of nitrogens with one attached hydrogen (secondary N) is 1. The van der Waals surface area contributed by atoms with Crippen LogP contribution in [0.2, 0.25) is 0 Å². The fourth-order valence-corrected chi connectivity index (χ4v) is 2.56. The summed E-state index contributed by atoms with van der Waals surface area (Å²) in [5.41, 5.74) is 0.731. The molecule has 0 saturated heterocycles. The Hall–Kier alpha value is -1.75. The van der Waals surface area contributed by atoms with E-state index in [0.717, 1.165) is 31.2 Å². The predicted molar refractivity (Wildman–Crippen MR) is 71.4 cm³/mol. The van der Waals surface area contributed by atoms with Gasteiger partial charge in [0.05, 0.1) is 11.6 Å². The molecule has 1 fully saturated rings. The van der Waals surface area contributed by atoms with Gasteiger partial charge in [-0.2, -0.15) is 0 Å². The van der Waals surface area contributed by atoms with Gasteiger partial charge >= 0.3 is 0 Å². The zero-order valence-electron chi connectivity index (χ0n) is 10.5. The van der Waals surface area contributed by atoms with Crippen LogP contribution in [-0.2, 0) is 0 Å². The van der Waals surface area contributed by atoms with Crippen molar-refractivity contribution in [3.63, 3.8) is 0 Å². The zero-order valence-corrected chi connectivity index (χ0v) is 10.5. The van der Waals surface area contributed by atoms with Crippen LogP contribution >= 0.6 is 0 Å². The lowest BCUT2D eigenvalue weighted by atomic mass is 9.93. The molecule has 4 nitrogen and oxygen atoms in total. The van der Waals surface area contributed by atoms with E-state index < -0.39 is 0 Å². The van der Waals surface area contributed by atoms with Gasteiger partial charge in [0, 0.05) is 11.4 Å². The molecule has 0 spiro atoms. The first kappa shape index (κ1) is 12.3. The third-order valence-electron chi connectivity index (χ3n) is 3.63. The maximum Gasteiger partial charge on any atom is 0.137 e. The molecule has 1 aliphatic carbocycles. The van der Waals surface area contributed by atoms with Gasteiger partial charge in [-0.25, -0.2) is 14.4 Å². The number of aliphatic hydroxyl groups is 1. The second kappa shape index (κ2) is 5.09. The van der Waals surface area contributed by atoms with Crippen molar-refractivity contribution >= 4 is 16.7 Å². The van der Waals surface area contributed by atoms with E-state index in [1.165, 1.54) is 18.5 Å². The van der Waals surface area contributed by atoms with Crippen LogP contribution in [0.15, 0.2) is 24.5 Å². The van der Waals surface area contributed by atoms with Gasteiger partial charge in [-0.15, -0.1) is 0 Å². The summed E-state index contributed by atoms with van der Waals surface area (Å²) in [5, 5.41) is 13.5. The number of fused-ring (bicyclic) bond motifs is 1. The quantitative estimate of drug-likeness (QED) is 0.872. The highest BCUT2D eigenvalue weighted by atomic mass is 19.1. The number of aromatic nitrogens is 2. The Bertz CT molecular complexity index is 582. The fourth-order valence-electron chi connectivity index (χ4n) is 2.56. The van der Waals surface area contributed by atoms with Crippen molar-refractivity contribution in [1.29, 1.82) is 0 Å². The maximum absolute atomic E-state index is 13.3. The van der Waals surface area contributed by atoms with Gasteiger partial charge in [0.1, 0.15) is 18.0 Å². The van der Waals surface area contributed by atoms with Gasteiger partial charge in [-0.3, -0.25) is 0 Å². The SMILES string of the molecule is OC1CCC(Nc2ncnc3ccc(F)cc23)CC1. The summed E-state index contributed by atoms with van der Waals surface area (Å²) < 4.78 is 13.3. The van der Waals surface area contributed by atoms with Crippen LogP contribution in [0, 0.1) is 5.82 Å². The highest BCUT2D eigenvalue weighted by Gasteiger charge is 2.20. The first-order valence-corrected chi connectivity index (χ1v) is 6.57. The van der Waals surface area contributed by atoms with E-state index in [-0.39, 0.29) is 18.0 Å². The molecule has 1 aromatic heterocycles. The lowest BCUT2D eigenvalue weighted by Gasteiger charge is -2.26. The van der Waals surface area contributed by atoms with E-state index in [0.29, 0.717) is 11.2 Å². The first-order valence-electron chi connectivity index (χ1n) is 6.57. The van der Waals surface area contributed by atoms with Crippen molar-refractivity contribution in [2.24, 2.45) is 0 Å². The summed E-state index contributed by atoms with van der Waals surface area (Å²) in [6, 6.07) is 4.79. The van der Waals surface area contributed by atoms with Crippen molar-refractivity contribution < 1.29 is 9.50 Å². The molecule has 2 aromatic rings. The summed E-state index contributed by atoms with van der Waals surface area (Å²) in [5.74, 6) is 0.385. The smallest absolute Gasteiger partial charge is 0.137 e. The number of benzene rings is 1. The monoisotopic (exact) mass is 261 g/mol. The van der Waals surface area contributed by atoms with Gasteiger partial charge in [0.2, 0.25) is 0 Å². The molecule has 0 radical (unpaired) electrons. The molecule has 0 unspecified atom stereocenters. The van der Waals surface area contributed by atoms with Gasteiger partial charge in [-0.05, 0) is 43.9 Å². The molecule has 1 aliphatic rings. The molecule has 2 N–H and O–H groups in total. The number of halogens is 1. The molecule has 1 saturated carbocycles. The number of aliphatic hydroxyl groups excluding tert-OH is 1. The molecular formula is C14H16FN3O. The normalized spacial score (nSPS) is 23.5. The number of hydrogen-bond acceptors (Lipinski definition) is 4. The van der Waals surface area contributed by atoms with Crippen LogP contribution < -0.4 is 5.32 Å². The largest absolute Gasteiger partial charge is 0.393 e. The molecule has 0 atom stereocenters. The van der Waals surface area contributed by atoms with Crippen molar-refractivity contribution in [3.05, 3.63) is 30.3 Å². The Morgan fingerprint density at radius 1 is 1.16 bits per heavy atom. The standard InChI is InChI=1S/C14H16FN3O/c15-9-1-6-13-12(7-9)14(17-8-16-13)18-10-2-4-11(19)5-3-10/h1,6-8,10-11,19H,2-5H2,(H,16,17,18). The average Bonchev–Trinajstić information content (AvgIpc) is 2.42. The number of anilines is 1. The highest BCUT2D eigenvalue weighted by molar-refractivity contribution is 5.88. The van der Waals surface area contributed by atoms with Gasteiger partial charge in [0.25, 0.3) is 0 Å². The Balaban J connectivity index is 1.86. The number of rotatable bonds is 2. The predicted octanol–water partition coefficient (Wildman–Crippen LogP) is 2.48. The van der Waals surface area contributed by atoms with E-state index >= 15 is 0 Å². The van der Waals surface area contributed by atoms with Crippen LogP contribution in [-0.4, -0.2) is 27.2 Å². The molecule has 1 heterocycles. The van der Waals surface area contributed by atoms with E-state index in [1.54, 1.807) is 6.07 Å². The molecule has 3 rings (SSSR count). The topological polar surface area (TPSA) is 58.0 Å². The summed E-state index contributed by atoms with van der Waals surface area (Å²) in [7, 11) is 0. The summed E-state index contributed by atoms with van der Waals surface area (Å²) >= 11 is 0. The maximum atomic E-state index is 13.3. The Morgan fingerprint density at radius 2 is 1.95 bits per heavy atom. The van der Waals surface area contributed by atoms with Gasteiger partial charge in [-0.1, -0.05) is 0 Å². The lowest BCUT2D eigenvalue weighted by Crippen LogP contribution is -2.28. The van der Waals surface area contributed by atoms with E-state index in [2.05, 4.69) is 15.3 Å². The Kier molecular flexibility index (Phi) is 3.29. The molecule has 0 aliphatic heterocycles. The van der Waals surface area contributed by atoms with E-state index in [4.69, 9.17) is 0 Å². The molecule has 0 amide bonds. The summed E-state index contributed by atoms with van der Waals surface area (Å²) in [6.07, 6.45) is 4.71. The van der Waals surface area contributed by atoms with Crippen LogP contribution in [0.5, 0.6) is 0 Å². The minimum atomic E-state index is -0.288. The molecule has 1 aromatic carbocycles. The first-order chi connectivity index (χ1) is 9.22. The van der Waals surface area contributed by atoms with Crippen LogP contribution in [0.25, 0.3) is 10.9 Å². The molecular weight excluding hydrogens is 245 g/mol. The average molecular weight is 261 g/mol. The van der Waals surface area contributed by atoms with Crippen molar-refractivity contribution in [3.8, 4) is 0 Å². The van der Waals surface area contributed by atoms with Gasteiger partial charge in [0.15, 0.2) is 0 Å². The van der Waals surface area contributed by atoms with Crippen LogP contribution in [0.4, 0.5) is 10.2 Å². The lowest BCUT2D eigenvalue weighted by molar-refractivity contribution is 0.126. The van der Waals surface area contributed by atoms with Crippen molar-refractivity contribution in [1.82, 2.24) is 9.97 Å². The molecule has 19 heavy (non-hydrogen) atoms. The third kappa shape index (κ3) is 2.66. The fraction of sp³-hybridized carbons (Fsp3) is 0.429. The molecule has 5 heteroatoms. The number of hydrogen-bond donors (Lipinski definition) is 2. The Labute approximate surface area is 110 Å². The zero-order chi connectivity index (χ0) is 13.2. The molecule has 0 bridgehead atoms. The summed E-state index contributed by atoms with van der Waals surface area (Å²) in [6.45, 7) is 0. The van der Waals surface area contributed by atoms with Crippen LogP contribution in [0.1, 0.15) is 25.7 Å². The van der Waals surface area contributed by atoms with E-state index in [1.807, 2.05) is 0 Å². The van der Waals surface area contributed by atoms with E-state index in [9.17, 15) is 9.50 Å². The number of nitrogens with zero attached hydrogens (tertiary/aromatic N) is 2. The van der Waals surface area contributed by atoms with Crippen molar-refractivity contribution in [2.45, 2.75) is 37.8 Å². The van der Waals surface area contributed by atoms with Gasteiger partial charge < -0.3 is 10.4 Å². The summed E-state index contributed by atoms with van der Waals surface area (Å²) in [4.78, 5) is 8.34. The molecule has 100 valence electrons. The second-order valence-corrected chi connectivity index (χ2v) is 5.03. The van der Waals surface area contributed by atoms with Crippen molar-refractivity contribution in [2.75, 3.05) is 5.32 Å². The third-order valence-corrected chi connectivity index (χ3v) is 3.63. The Morgan fingerprint density at radius 3 is 2.74 bits per heavy atom. The highest BCUT2D eigenvalue weighted by Crippen LogP contribution is 2.25.